The molecule has 25 heavy (non-hydrogen) atoms. The van der Waals surface area contributed by atoms with Crippen LogP contribution in [0.1, 0.15) is 46.6 Å². The van der Waals surface area contributed by atoms with Gasteiger partial charge >= 0.3 is 6.09 Å². The maximum atomic E-state index is 13.4. The number of hydrogen-bond donors (Lipinski definition) is 2. The highest BCUT2D eigenvalue weighted by Gasteiger charge is 2.18. The quantitative estimate of drug-likeness (QED) is 0.799. The minimum absolute atomic E-state index is 0.193. The number of benzene rings is 1. The summed E-state index contributed by atoms with van der Waals surface area (Å²) in [5, 5.41) is 11.8. The van der Waals surface area contributed by atoms with Gasteiger partial charge in [0, 0.05) is 6.07 Å². The number of aliphatic hydroxyl groups excluding tert-OH is 1. The lowest BCUT2D eigenvalue weighted by Crippen LogP contribution is -2.38. The van der Waals surface area contributed by atoms with Crippen molar-refractivity contribution >= 4 is 6.09 Å². The summed E-state index contributed by atoms with van der Waals surface area (Å²) in [5.41, 5.74) is -0.111. The van der Waals surface area contributed by atoms with Gasteiger partial charge in [0.1, 0.15) is 23.3 Å². The van der Waals surface area contributed by atoms with E-state index in [1.807, 2.05) is 6.92 Å². The number of carbonyl (C=O) groups is 1. The molecule has 1 amide bonds. The van der Waals surface area contributed by atoms with E-state index in [0.717, 1.165) is 0 Å². The Balaban J connectivity index is 2.91. The molecular formula is C19H26FNO4. The van der Waals surface area contributed by atoms with Gasteiger partial charge < -0.3 is 19.9 Å². The number of nitrogens with one attached hydrogen (secondary N) is 1. The average Bonchev–Trinajstić information content (AvgIpc) is 2.50. The third kappa shape index (κ3) is 7.90. The number of alkyl carbamates (subject to hydrolysis) is 1. The van der Waals surface area contributed by atoms with E-state index in [4.69, 9.17) is 14.6 Å². The highest BCUT2D eigenvalue weighted by molar-refractivity contribution is 5.68. The Bertz CT molecular complexity index is 643. The number of ether oxygens (including phenoxy) is 2. The van der Waals surface area contributed by atoms with Crippen molar-refractivity contribution in [3.8, 4) is 17.6 Å². The van der Waals surface area contributed by atoms with E-state index in [2.05, 4.69) is 17.2 Å². The lowest BCUT2D eigenvalue weighted by Gasteiger charge is -2.21. The zero-order valence-corrected chi connectivity index (χ0v) is 15.4. The van der Waals surface area contributed by atoms with Crippen LogP contribution in [0.25, 0.3) is 0 Å². The first-order valence-electron chi connectivity index (χ1n) is 8.22. The summed E-state index contributed by atoms with van der Waals surface area (Å²) in [4.78, 5) is 11.8. The second-order valence-electron chi connectivity index (χ2n) is 6.63. The Morgan fingerprint density at radius 3 is 2.64 bits per heavy atom. The highest BCUT2D eigenvalue weighted by Crippen LogP contribution is 2.20. The van der Waals surface area contributed by atoms with E-state index in [-0.39, 0.29) is 12.4 Å². The number of halogens is 1. The zero-order valence-electron chi connectivity index (χ0n) is 15.4. The van der Waals surface area contributed by atoms with E-state index >= 15 is 0 Å². The van der Waals surface area contributed by atoms with Crippen LogP contribution in [-0.4, -0.2) is 35.6 Å². The van der Waals surface area contributed by atoms with Crippen LogP contribution in [0.15, 0.2) is 18.2 Å². The summed E-state index contributed by atoms with van der Waals surface area (Å²) in [6, 6.07) is 3.59. The molecule has 2 atom stereocenters. The molecule has 0 saturated carbocycles. The van der Waals surface area contributed by atoms with Crippen LogP contribution in [0.2, 0.25) is 0 Å². The molecule has 0 aliphatic carbocycles. The normalized spacial score (nSPS) is 13.2. The molecule has 5 nitrogen and oxygen atoms in total. The maximum absolute atomic E-state index is 13.4. The molecule has 2 unspecified atom stereocenters. The average molecular weight is 351 g/mol. The van der Waals surface area contributed by atoms with Crippen LogP contribution < -0.4 is 10.1 Å². The minimum atomic E-state index is -0.589. The number of rotatable bonds is 5. The molecule has 6 heteroatoms. The number of amides is 1. The monoisotopic (exact) mass is 351 g/mol. The first-order valence-corrected chi connectivity index (χ1v) is 8.22. The van der Waals surface area contributed by atoms with Crippen LogP contribution >= 0.6 is 0 Å². The first kappa shape index (κ1) is 20.8. The zero-order chi connectivity index (χ0) is 19.0. The molecule has 0 aliphatic heterocycles. The van der Waals surface area contributed by atoms with Gasteiger partial charge in [0.2, 0.25) is 0 Å². The number of hydrogen-bond acceptors (Lipinski definition) is 4. The molecule has 0 fully saturated rings. The molecule has 138 valence electrons. The van der Waals surface area contributed by atoms with Crippen molar-refractivity contribution in [3.63, 3.8) is 0 Å². The lowest BCUT2D eigenvalue weighted by molar-refractivity contribution is 0.0515. The van der Waals surface area contributed by atoms with E-state index in [0.29, 0.717) is 12.0 Å². The largest absolute Gasteiger partial charge is 0.487 e. The Kier molecular flexibility index (Phi) is 7.72. The van der Waals surface area contributed by atoms with Crippen molar-refractivity contribution < 1.29 is 23.8 Å². The molecule has 0 radical (unpaired) electrons. The molecule has 0 spiro atoms. The van der Waals surface area contributed by atoms with E-state index < -0.39 is 29.7 Å². The van der Waals surface area contributed by atoms with Gasteiger partial charge in [0.25, 0.3) is 0 Å². The predicted molar refractivity (Wildman–Crippen MR) is 93.9 cm³/mol. The summed E-state index contributed by atoms with van der Waals surface area (Å²) >= 11 is 0. The summed E-state index contributed by atoms with van der Waals surface area (Å²) in [5.74, 6) is 5.62. The van der Waals surface area contributed by atoms with E-state index in [1.165, 1.54) is 18.2 Å². The summed E-state index contributed by atoms with van der Waals surface area (Å²) in [7, 11) is 0. The topological polar surface area (TPSA) is 67.8 Å². The van der Waals surface area contributed by atoms with Crippen molar-refractivity contribution in [3.05, 3.63) is 29.6 Å². The molecule has 0 aromatic heterocycles. The smallest absolute Gasteiger partial charge is 0.408 e. The third-order valence-corrected chi connectivity index (χ3v) is 3.01. The fourth-order valence-corrected chi connectivity index (χ4v) is 1.81. The molecule has 0 aliphatic rings. The van der Waals surface area contributed by atoms with Gasteiger partial charge in [-0.1, -0.05) is 18.8 Å². The van der Waals surface area contributed by atoms with Gasteiger partial charge in [-0.05, 0) is 46.2 Å². The van der Waals surface area contributed by atoms with E-state index in [9.17, 15) is 9.18 Å². The molecule has 1 aromatic carbocycles. The molecule has 1 aromatic rings. The van der Waals surface area contributed by atoms with Gasteiger partial charge in [0.05, 0.1) is 18.2 Å². The van der Waals surface area contributed by atoms with Gasteiger partial charge in [-0.15, -0.1) is 0 Å². The first-order chi connectivity index (χ1) is 11.6. The van der Waals surface area contributed by atoms with Crippen molar-refractivity contribution in [1.82, 2.24) is 5.32 Å². The van der Waals surface area contributed by atoms with Gasteiger partial charge in [-0.2, -0.15) is 0 Å². The second kappa shape index (κ2) is 9.28. The molecule has 0 bridgehead atoms. The Morgan fingerprint density at radius 2 is 2.08 bits per heavy atom. The summed E-state index contributed by atoms with van der Waals surface area (Å²) in [6.45, 7) is 8.70. The summed E-state index contributed by atoms with van der Waals surface area (Å²) < 4.78 is 24.1. The van der Waals surface area contributed by atoms with Crippen LogP contribution in [0.3, 0.4) is 0 Å². The van der Waals surface area contributed by atoms with Crippen LogP contribution in [-0.2, 0) is 4.74 Å². The third-order valence-electron chi connectivity index (χ3n) is 3.01. The molecule has 2 N–H and O–H groups in total. The molecule has 0 saturated heterocycles. The molecule has 0 heterocycles. The van der Waals surface area contributed by atoms with Gasteiger partial charge in [-0.3, -0.25) is 0 Å². The number of aliphatic hydroxyl groups is 1. The molecular weight excluding hydrogens is 325 g/mol. The standard InChI is InChI=1S/C19H26FNO4/c1-6-16(21-18(23)25-19(3,4)5)10-8-14-7-9-15(20)11-17(14)24-13(2)12-22/h7,9,11,13,16,22H,6,12H2,1-5H3,(H,21,23). The van der Waals surface area contributed by atoms with Gasteiger partial charge in [0.15, 0.2) is 0 Å². The lowest BCUT2D eigenvalue weighted by atomic mass is 10.1. The van der Waals surface area contributed by atoms with Crippen LogP contribution in [0.4, 0.5) is 9.18 Å². The fourth-order valence-electron chi connectivity index (χ4n) is 1.81. The number of carbonyl (C=O) groups excluding carboxylic acids is 1. The van der Waals surface area contributed by atoms with Gasteiger partial charge in [-0.25, -0.2) is 9.18 Å². The SMILES string of the molecule is CCC(C#Cc1ccc(F)cc1OC(C)CO)NC(=O)OC(C)(C)C. The molecule has 1 rings (SSSR count). The Hall–Kier alpha value is -2.26. The predicted octanol–water partition coefficient (Wildman–Crippen LogP) is 3.24. The van der Waals surface area contributed by atoms with Crippen molar-refractivity contribution in [1.29, 1.82) is 0 Å². The van der Waals surface area contributed by atoms with Crippen LogP contribution in [0.5, 0.6) is 5.75 Å². The highest BCUT2D eigenvalue weighted by atomic mass is 19.1. The Morgan fingerprint density at radius 1 is 1.40 bits per heavy atom. The minimum Gasteiger partial charge on any atom is -0.487 e. The maximum Gasteiger partial charge on any atom is 0.408 e. The second-order valence-corrected chi connectivity index (χ2v) is 6.63. The Labute approximate surface area is 148 Å². The van der Waals surface area contributed by atoms with E-state index in [1.54, 1.807) is 27.7 Å². The van der Waals surface area contributed by atoms with Crippen molar-refractivity contribution in [2.45, 2.75) is 58.8 Å². The van der Waals surface area contributed by atoms with Crippen molar-refractivity contribution in [2.75, 3.05) is 6.61 Å². The van der Waals surface area contributed by atoms with Crippen molar-refractivity contribution in [2.24, 2.45) is 0 Å². The fraction of sp³-hybridized carbons (Fsp3) is 0.526. The van der Waals surface area contributed by atoms with Crippen LogP contribution in [0, 0.1) is 17.7 Å². The summed E-state index contributed by atoms with van der Waals surface area (Å²) in [6.07, 6.45) is -0.446.